The summed E-state index contributed by atoms with van der Waals surface area (Å²) in [5.41, 5.74) is 2.45. The number of hydrogen-bond acceptors (Lipinski definition) is 6. The summed E-state index contributed by atoms with van der Waals surface area (Å²) in [5, 5.41) is 18.2. The second-order valence-electron chi connectivity index (χ2n) is 8.70. The van der Waals surface area contributed by atoms with Crippen LogP contribution >= 0.6 is 0 Å². The Bertz CT molecular complexity index is 1020. The number of aromatic nitrogens is 2. The summed E-state index contributed by atoms with van der Waals surface area (Å²) in [4.78, 5) is 29.8. The number of benzene rings is 1. The van der Waals surface area contributed by atoms with E-state index in [-0.39, 0.29) is 17.4 Å². The molecule has 8 heteroatoms. The van der Waals surface area contributed by atoms with E-state index in [0.29, 0.717) is 41.2 Å². The van der Waals surface area contributed by atoms with Gasteiger partial charge in [-0.3, -0.25) is 14.7 Å². The maximum Gasteiger partial charge on any atom is 0.295 e. The number of nitrogens with zero attached hydrogens (tertiary/aromatic N) is 3. The van der Waals surface area contributed by atoms with Crippen molar-refractivity contribution in [3.05, 3.63) is 52.4 Å². The van der Waals surface area contributed by atoms with E-state index >= 15 is 0 Å². The molecule has 1 aliphatic heterocycles. The summed E-state index contributed by atoms with van der Waals surface area (Å²) >= 11 is 0. The summed E-state index contributed by atoms with van der Waals surface area (Å²) in [6, 6.07) is 6.65. The Morgan fingerprint density at radius 3 is 2.59 bits per heavy atom. The molecule has 0 spiro atoms. The van der Waals surface area contributed by atoms with E-state index < -0.39 is 17.7 Å². The van der Waals surface area contributed by atoms with Crippen molar-refractivity contribution in [2.45, 2.75) is 46.3 Å². The first-order chi connectivity index (χ1) is 15.1. The van der Waals surface area contributed by atoms with E-state index in [1.807, 2.05) is 57.1 Å². The lowest BCUT2D eigenvalue weighted by molar-refractivity contribution is -0.139. The third-order valence-corrected chi connectivity index (χ3v) is 5.45. The fraction of sp³-hybridized carbons (Fsp3) is 0.458. The predicted molar refractivity (Wildman–Crippen MR) is 122 cm³/mol. The molecule has 1 atom stereocenters. The Morgan fingerprint density at radius 2 is 2.00 bits per heavy atom. The van der Waals surface area contributed by atoms with Crippen molar-refractivity contribution in [1.29, 1.82) is 0 Å². The molecule has 0 saturated carbocycles. The molecule has 32 heavy (non-hydrogen) atoms. The molecule has 0 bridgehead atoms. The molecule has 1 aromatic carbocycles. The number of likely N-dealkylation sites (tertiary alicyclic amines) is 1. The fourth-order valence-corrected chi connectivity index (χ4v) is 4.08. The summed E-state index contributed by atoms with van der Waals surface area (Å²) in [7, 11) is 3.92. The number of rotatable bonds is 8. The van der Waals surface area contributed by atoms with Gasteiger partial charge in [0.25, 0.3) is 11.7 Å². The van der Waals surface area contributed by atoms with Gasteiger partial charge in [-0.1, -0.05) is 12.1 Å². The average molecular weight is 441 g/mol. The number of Topliss-reactive ketones (excluding diaryl/α,β-unsaturated/α-hetero) is 1. The Kier molecular flexibility index (Phi) is 7.03. The Hall–Kier alpha value is -3.13. The van der Waals surface area contributed by atoms with Crippen molar-refractivity contribution in [3.8, 4) is 5.75 Å². The second-order valence-corrected chi connectivity index (χ2v) is 8.70. The number of aromatic amines is 1. The van der Waals surface area contributed by atoms with Gasteiger partial charge in [-0.15, -0.1) is 0 Å². The largest absolute Gasteiger partial charge is 0.507 e. The lowest BCUT2D eigenvalue weighted by atomic mass is 9.94. The number of nitrogens with one attached hydrogen (secondary N) is 1. The van der Waals surface area contributed by atoms with Gasteiger partial charge in [-0.05, 0) is 72.5 Å². The van der Waals surface area contributed by atoms with Crippen LogP contribution in [0.25, 0.3) is 5.76 Å². The average Bonchev–Trinajstić information content (AvgIpc) is 3.18. The third kappa shape index (κ3) is 4.70. The highest BCUT2D eigenvalue weighted by Crippen LogP contribution is 2.41. The van der Waals surface area contributed by atoms with Gasteiger partial charge < -0.3 is 19.6 Å². The number of amides is 1. The summed E-state index contributed by atoms with van der Waals surface area (Å²) < 4.78 is 5.83. The number of aliphatic hydroxyl groups excluding tert-OH is 1. The van der Waals surface area contributed by atoms with E-state index in [9.17, 15) is 14.7 Å². The van der Waals surface area contributed by atoms with Crippen molar-refractivity contribution >= 4 is 17.4 Å². The van der Waals surface area contributed by atoms with Gasteiger partial charge in [0.15, 0.2) is 0 Å². The normalized spacial score (nSPS) is 18.2. The number of hydrogen-bond donors (Lipinski definition) is 2. The molecule has 1 aromatic heterocycles. The minimum absolute atomic E-state index is 0.0204. The van der Waals surface area contributed by atoms with Crippen molar-refractivity contribution in [2.24, 2.45) is 0 Å². The highest BCUT2D eigenvalue weighted by molar-refractivity contribution is 6.46. The van der Waals surface area contributed by atoms with Crippen LogP contribution in [0.3, 0.4) is 0 Å². The zero-order valence-corrected chi connectivity index (χ0v) is 19.6. The molecule has 1 fully saturated rings. The van der Waals surface area contributed by atoms with Gasteiger partial charge in [0.1, 0.15) is 11.5 Å². The van der Waals surface area contributed by atoms with Crippen molar-refractivity contribution in [1.82, 2.24) is 20.0 Å². The van der Waals surface area contributed by atoms with Gasteiger partial charge in [-0.25, -0.2) is 0 Å². The van der Waals surface area contributed by atoms with Crippen LogP contribution in [0, 0.1) is 13.8 Å². The molecule has 2 aromatic rings. The molecule has 2 heterocycles. The first kappa shape index (κ1) is 23.5. The summed E-state index contributed by atoms with van der Waals surface area (Å²) in [6.45, 7) is 8.55. The molecule has 1 unspecified atom stereocenters. The number of aliphatic hydroxyl groups is 1. The minimum Gasteiger partial charge on any atom is -0.507 e. The number of carbonyl (C=O) groups excluding carboxylic acids is 2. The molecular formula is C24H32N4O4. The van der Waals surface area contributed by atoms with E-state index in [1.54, 1.807) is 18.7 Å². The lowest BCUT2D eigenvalue weighted by Gasteiger charge is -2.26. The SMILES string of the molecule is Cc1n[nH]c(C)c1/C(O)=C1\C(=O)C(=O)N(CCCN(C)C)C1c1cccc(OC(C)C)c1. The van der Waals surface area contributed by atoms with Crippen LogP contribution in [0.5, 0.6) is 5.75 Å². The molecular weight excluding hydrogens is 408 g/mol. The fourth-order valence-electron chi connectivity index (χ4n) is 4.08. The molecule has 1 saturated heterocycles. The molecule has 172 valence electrons. The standard InChI is InChI=1S/C24H32N4O4/c1-14(2)32-18-10-7-9-17(13-18)21-20(22(29)19-15(3)25-26-16(19)4)23(30)24(31)28(21)12-8-11-27(5)6/h7,9-10,13-14,21,29H,8,11-12H2,1-6H3,(H,25,26)/b22-20+. The molecule has 2 N–H and O–H groups in total. The van der Waals surface area contributed by atoms with Gasteiger partial charge in [0.05, 0.1) is 29.0 Å². The van der Waals surface area contributed by atoms with Crippen LogP contribution in [-0.4, -0.2) is 70.1 Å². The second kappa shape index (κ2) is 9.56. The van der Waals surface area contributed by atoms with Crippen molar-refractivity contribution < 1.29 is 19.4 Å². The number of carbonyl (C=O) groups is 2. The van der Waals surface area contributed by atoms with Crippen molar-refractivity contribution in [2.75, 3.05) is 27.2 Å². The highest BCUT2D eigenvalue weighted by Gasteiger charge is 2.46. The zero-order chi connectivity index (χ0) is 23.6. The van der Waals surface area contributed by atoms with E-state index in [1.165, 1.54) is 0 Å². The molecule has 8 nitrogen and oxygen atoms in total. The Morgan fingerprint density at radius 1 is 1.28 bits per heavy atom. The van der Waals surface area contributed by atoms with Crippen molar-refractivity contribution in [3.63, 3.8) is 0 Å². The predicted octanol–water partition coefficient (Wildman–Crippen LogP) is 3.19. The maximum absolute atomic E-state index is 13.1. The Labute approximate surface area is 188 Å². The smallest absolute Gasteiger partial charge is 0.295 e. The highest BCUT2D eigenvalue weighted by atomic mass is 16.5. The molecule has 0 aliphatic carbocycles. The van der Waals surface area contributed by atoms with E-state index in [0.717, 1.165) is 6.54 Å². The van der Waals surface area contributed by atoms with Crippen LogP contribution in [0.4, 0.5) is 0 Å². The van der Waals surface area contributed by atoms with E-state index in [2.05, 4.69) is 10.2 Å². The molecule has 1 amide bonds. The van der Waals surface area contributed by atoms with Gasteiger partial charge >= 0.3 is 0 Å². The molecule has 0 radical (unpaired) electrons. The third-order valence-electron chi connectivity index (χ3n) is 5.45. The van der Waals surface area contributed by atoms with Crippen LogP contribution < -0.4 is 4.74 Å². The topological polar surface area (TPSA) is 98.8 Å². The quantitative estimate of drug-likeness (QED) is 0.372. The number of aryl methyl sites for hydroxylation is 2. The first-order valence-corrected chi connectivity index (χ1v) is 10.8. The number of ketones is 1. The number of H-pyrrole nitrogens is 1. The minimum atomic E-state index is -0.707. The lowest BCUT2D eigenvalue weighted by Crippen LogP contribution is -2.32. The monoisotopic (exact) mass is 440 g/mol. The number of ether oxygens (including phenoxy) is 1. The van der Waals surface area contributed by atoms with Crippen LogP contribution in [-0.2, 0) is 9.59 Å². The molecule has 3 rings (SSSR count). The maximum atomic E-state index is 13.1. The van der Waals surface area contributed by atoms with E-state index in [4.69, 9.17) is 4.74 Å². The summed E-state index contributed by atoms with van der Waals surface area (Å²) in [5.74, 6) is -0.855. The molecule has 1 aliphatic rings. The first-order valence-electron chi connectivity index (χ1n) is 10.8. The van der Waals surface area contributed by atoms with Crippen LogP contribution in [0.2, 0.25) is 0 Å². The van der Waals surface area contributed by atoms with Gasteiger partial charge in [-0.2, -0.15) is 5.10 Å². The Balaban J connectivity index is 2.13. The van der Waals surface area contributed by atoms with Gasteiger partial charge in [0, 0.05) is 12.2 Å². The summed E-state index contributed by atoms with van der Waals surface area (Å²) in [6.07, 6.45) is 0.677. The zero-order valence-electron chi connectivity index (χ0n) is 19.6. The van der Waals surface area contributed by atoms with Crippen LogP contribution in [0.15, 0.2) is 29.8 Å². The van der Waals surface area contributed by atoms with Crippen LogP contribution in [0.1, 0.15) is 48.8 Å². The van der Waals surface area contributed by atoms with Gasteiger partial charge in [0.2, 0.25) is 0 Å².